The number of carbonyl (C=O) groups excluding carboxylic acids is 3. The zero-order chi connectivity index (χ0) is 29.3. The molecule has 2 aliphatic rings. The third kappa shape index (κ3) is 7.06. The Morgan fingerprint density at radius 1 is 0.810 bits per heavy atom. The Morgan fingerprint density at radius 2 is 1.50 bits per heavy atom. The minimum absolute atomic E-state index is 0.0823. The third-order valence-corrected chi connectivity index (χ3v) is 7.48. The Hall–Kier alpha value is -4.88. The third-order valence-electron chi connectivity index (χ3n) is 7.48. The van der Waals surface area contributed by atoms with E-state index >= 15 is 0 Å². The van der Waals surface area contributed by atoms with Crippen LogP contribution in [-0.4, -0.2) is 80.1 Å². The summed E-state index contributed by atoms with van der Waals surface area (Å²) in [6.07, 6.45) is 0.112. The number of carbonyl (C=O) groups is 3. The number of amides is 3. The first-order valence-electron chi connectivity index (χ1n) is 14.2. The molecule has 3 amide bonds. The van der Waals surface area contributed by atoms with E-state index in [-0.39, 0.29) is 18.4 Å². The molecule has 5 rings (SSSR count). The van der Waals surface area contributed by atoms with Crippen molar-refractivity contribution >= 4 is 29.3 Å². The Morgan fingerprint density at radius 3 is 2.24 bits per heavy atom. The fourth-order valence-electron chi connectivity index (χ4n) is 5.20. The van der Waals surface area contributed by atoms with Crippen molar-refractivity contribution in [2.75, 3.05) is 62.6 Å². The monoisotopic (exact) mass is 566 g/mol. The summed E-state index contributed by atoms with van der Waals surface area (Å²) in [6.45, 7) is 5.12. The van der Waals surface area contributed by atoms with Crippen LogP contribution < -0.4 is 15.5 Å². The predicted molar refractivity (Wildman–Crippen MR) is 159 cm³/mol. The summed E-state index contributed by atoms with van der Waals surface area (Å²) in [7, 11) is 0. The van der Waals surface area contributed by atoms with E-state index in [1.807, 2.05) is 46.2 Å². The molecule has 0 aliphatic carbocycles. The van der Waals surface area contributed by atoms with Crippen molar-refractivity contribution in [3.8, 4) is 6.07 Å². The summed E-state index contributed by atoms with van der Waals surface area (Å²) in [5, 5.41) is 15.2. The number of nitriles is 1. The number of hydrogen-bond donors (Lipinski definition) is 2. The maximum absolute atomic E-state index is 13.3. The quantitative estimate of drug-likeness (QED) is 0.467. The molecular formula is C32H34N6O4. The second kappa shape index (κ2) is 13.7. The van der Waals surface area contributed by atoms with Crippen LogP contribution in [0.1, 0.15) is 38.3 Å². The molecule has 10 heteroatoms. The van der Waals surface area contributed by atoms with Gasteiger partial charge in [-0.25, -0.2) is 4.79 Å². The van der Waals surface area contributed by atoms with Crippen LogP contribution in [0, 0.1) is 11.3 Å². The van der Waals surface area contributed by atoms with Crippen molar-refractivity contribution in [2.45, 2.75) is 13.0 Å². The number of nitrogens with zero attached hydrogens (tertiary/aromatic N) is 4. The first-order valence-corrected chi connectivity index (χ1v) is 14.2. The molecule has 3 aromatic rings. The van der Waals surface area contributed by atoms with Gasteiger partial charge in [0.15, 0.2) is 0 Å². The molecule has 0 aromatic heterocycles. The molecule has 2 saturated heterocycles. The van der Waals surface area contributed by atoms with E-state index in [2.05, 4.69) is 21.6 Å². The zero-order valence-electron chi connectivity index (χ0n) is 23.4. The lowest BCUT2D eigenvalue weighted by Gasteiger charge is -2.29. The van der Waals surface area contributed by atoms with Gasteiger partial charge in [-0.15, -0.1) is 0 Å². The Balaban J connectivity index is 1.33. The first-order chi connectivity index (χ1) is 20.5. The van der Waals surface area contributed by atoms with Gasteiger partial charge in [0.1, 0.15) is 6.61 Å². The van der Waals surface area contributed by atoms with Gasteiger partial charge in [-0.2, -0.15) is 5.26 Å². The summed E-state index contributed by atoms with van der Waals surface area (Å²) < 4.78 is 5.48. The van der Waals surface area contributed by atoms with E-state index < -0.39 is 6.09 Å². The van der Waals surface area contributed by atoms with E-state index in [1.165, 1.54) is 0 Å². The molecular weight excluding hydrogens is 532 g/mol. The molecule has 3 aromatic carbocycles. The van der Waals surface area contributed by atoms with E-state index in [0.717, 1.165) is 30.8 Å². The summed E-state index contributed by atoms with van der Waals surface area (Å²) in [6, 6.07) is 23.5. The van der Waals surface area contributed by atoms with Crippen molar-refractivity contribution < 1.29 is 19.1 Å². The van der Waals surface area contributed by atoms with Crippen LogP contribution in [0.3, 0.4) is 0 Å². The number of ether oxygens (including phenoxy) is 1. The largest absolute Gasteiger partial charge is 0.444 e. The standard InChI is InChI=1S/C32H34N6O4/c33-22-24-7-9-26(10-8-24)30(39)37-16-4-15-36(19-20-37)29-12-11-27(31(40)38-17-13-34-14-18-38)21-28(29)35-32(41)42-23-25-5-2-1-3-6-25/h1-3,5-12,21,34H,4,13-20,23H2,(H,35,41). The smallest absolute Gasteiger partial charge is 0.412 e. The van der Waals surface area contributed by atoms with Crippen molar-refractivity contribution in [3.05, 3.63) is 95.1 Å². The molecule has 0 unspecified atom stereocenters. The molecule has 2 heterocycles. The van der Waals surface area contributed by atoms with Gasteiger partial charge in [-0.1, -0.05) is 30.3 Å². The molecule has 0 radical (unpaired) electrons. The van der Waals surface area contributed by atoms with Crippen molar-refractivity contribution in [2.24, 2.45) is 0 Å². The summed E-state index contributed by atoms with van der Waals surface area (Å²) in [5.41, 5.74) is 3.66. The number of piperazine rings is 1. The van der Waals surface area contributed by atoms with Gasteiger partial charge < -0.3 is 24.8 Å². The van der Waals surface area contributed by atoms with E-state index in [4.69, 9.17) is 10.00 Å². The van der Waals surface area contributed by atoms with Crippen LogP contribution in [-0.2, 0) is 11.3 Å². The van der Waals surface area contributed by atoms with Crippen LogP contribution >= 0.6 is 0 Å². The van der Waals surface area contributed by atoms with Crippen LogP contribution in [0.5, 0.6) is 0 Å². The van der Waals surface area contributed by atoms with Gasteiger partial charge in [0.25, 0.3) is 11.8 Å². The number of benzene rings is 3. The maximum Gasteiger partial charge on any atom is 0.412 e. The summed E-state index contributed by atoms with van der Waals surface area (Å²) >= 11 is 0. The fourth-order valence-corrected chi connectivity index (χ4v) is 5.20. The molecule has 2 fully saturated rings. The van der Waals surface area contributed by atoms with Crippen molar-refractivity contribution in [1.82, 2.24) is 15.1 Å². The average molecular weight is 567 g/mol. The molecule has 2 N–H and O–H groups in total. The maximum atomic E-state index is 13.3. The number of rotatable bonds is 6. The summed E-state index contributed by atoms with van der Waals surface area (Å²) in [4.78, 5) is 45.1. The molecule has 10 nitrogen and oxygen atoms in total. The lowest BCUT2D eigenvalue weighted by molar-refractivity contribution is 0.0734. The van der Waals surface area contributed by atoms with Gasteiger partial charge in [0, 0.05) is 63.5 Å². The molecule has 0 atom stereocenters. The summed E-state index contributed by atoms with van der Waals surface area (Å²) in [5.74, 6) is -0.167. The molecule has 2 aliphatic heterocycles. The highest BCUT2D eigenvalue weighted by Crippen LogP contribution is 2.29. The minimum atomic E-state index is -0.612. The zero-order valence-corrected chi connectivity index (χ0v) is 23.4. The molecule has 216 valence electrons. The fraction of sp³-hybridized carbons (Fsp3) is 0.312. The van der Waals surface area contributed by atoms with E-state index in [9.17, 15) is 14.4 Å². The number of hydrogen-bond acceptors (Lipinski definition) is 7. The molecule has 42 heavy (non-hydrogen) atoms. The van der Waals surface area contributed by atoms with Gasteiger partial charge in [0.2, 0.25) is 0 Å². The van der Waals surface area contributed by atoms with Gasteiger partial charge in [-0.3, -0.25) is 14.9 Å². The lowest BCUT2D eigenvalue weighted by Crippen LogP contribution is -2.46. The van der Waals surface area contributed by atoms with Crippen molar-refractivity contribution in [1.29, 1.82) is 5.26 Å². The minimum Gasteiger partial charge on any atom is -0.444 e. The molecule has 0 spiro atoms. The van der Waals surface area contributed by atoms with E-state index in [1.54, 1.807) is 36.4 Å². The highest BCUT2D eigenvalue weighted by molar-refractivity contribution is 5.99. The van der Waals surface area contributed by atoms with Gasteiger partial charge >= 0.3 is 6.09 Å². The van der Waals surface area contributed by atoms with Crippen LogP contribution in [0.25, 0.3) is 0 Å². The highest BCUT2D eigenvalue weighted by Gasteiger charge is 2.24. The van der Waals surface area contributed by atoms with Crippen LogP contribution in [0.4, 0.5) is 16.2 Å². The SMILES string of the molecule is N#Cc1ccc(C(=O)N2CCCN(c3ccc(C(=O)N4CCNCC4)cc3NC(=O)OCc3ccccc3)CC2)cc1. The Kier molecular flexibility index (Phi) is 9.31. The van der Waals surface area contributed by atoms with Crippen molar-refractivity contribution in [3.63, 3.8) is 0 Å². The first kappa shape index (κ1) is 28.6. The topological polar surface area (TPSA) is 118 Å². The number of nitrogens with one attached hydrogen (secondary N) is 2. The second-order valence-electron chi connectivity index (χ2n) is 10.3. The Labute approximate surface area is 245 Å². The van der Waals surface area contributed by atoms with E-state index in [0.29, 0.717) is 61.6 Å². The molecule has 0 saturated carbocycles. The highest BCUT2D eigenvalue weighted by atomic mass is 16.5. The van der Waals surface area contributed by atoms with Gasteiger partial charge in [0.05, 0.1) is 23.0 Å². The predicted octanol–water partition coefficient (Wildman–Crippen LogP) is 3.70. The lowest BCUT2D eigenvalue weighted by atomic mass is 10.1. The van der Waals surface area contributed by atoms with Crippen LogP contribution in [0.15, 0.2) is 72.8 Å². The molecule has 0 bridgehead atoms. The second-order valence-corrected chi connectivity index (χ2v) is 10.3. The normalized spacial score (nSPS) is 15.4. The Bertz CT molecular complexity index is 1450. The van der Waals surface area contributed by atoms with Crippen LogP contribution in [0.2, 0.25) is 0 Å². The van der Waals surface area contributed by atoms with Gasteiger partial charge in [-0.05, 0) is 54.4 Å². The average Bonchev–Trinajstić information content (AvgIpc) is 3.30. The number of anilines is 2.